The molecular weight excluding hydrogens is 550 g/mol. The van der Waals surface area contributed by atoms with Crippen LogP contribution in [0.3, 0.4) is 0 Å². The fourth-order valence-corrected chi connectivity index (χ4v) is 5.82. The summed E-state index contributed by atoms with van der Waals surface area (Å²) < 4.78 is 101. The van der Waals surface area contributed by atoms with Gasteiger partial charge in [0.1, 0.15) is 21.2 Å². The van der Waals surface area contributed by atoms with Crippen LogP contribution in [0.15, 0.2) is 79.5 Å². The van der Waals surface area contributed by atoms with Gasteiger partial charge in [0.25, 0.3) is 30.4 Å². The van der Waals surface area contributed by atoms with E-state index in [2.05, 4.69) is 15.5 Å². The van der Waals surface area contributed by atoms with E-state index in [0.717, 1.165) is 18.2 Å². The molecule has 0 saturated heterocycles. The Balaban J connectivity index is 2.06. The highest BCUT2D eigenvalue weighted by atomic mass is 32.2. The zero-order valence-electron chi connectivity index (χ0n) is 18.6. The van der Waals surface area contributed by atoms with Crippen molar-refractivity contribution in [3.8, 4) is 5.75 Å². The summed E-state index contributed by atoms with van der Waals surface area (Å²) in [7, 11) is -13.3. The molecule has 0 amide bonds. The number of hydrogen-bond donors (Lipinski definition) is 5. The molecule has 0 fully saturated rings. The quantitative estimate of drug-likeness (QED) is 0.166. The molecular formula is C21H17N3O10S3. The monoisotopic (exact) mass is 567 g/mol. The number of azo groups is 1. The van der Waals surface area contributed by atoms with Crippen LogP contribution in [0.2, 0.25) is 0 Å². The largest absolute Gasteiger partial charge is 0.505 e. The number of phenols is 1. The van der Waals surface area contributed by atoms with Crippen LogP contribution in [0.5, 0.6) is 5.75 Å². The number of aromatic hydroxyl groups is 1. The van der Waals surface area contributed by atoms with Crippen LogP contribution < -0.4 is 5.32 Å². The highest BCUT2D eigenvalue weighted by molar-refractivity contribution is 7.86. The fraction of sp³-hybridized carbons (Fsp3) is 0.0476. The molecule has 0 aliphatic rings. The van der Waals surface area contributed by atoms with Crippen molar-refractivity contribution in [1.29, 1.82) is 0 Å². The molecule has 4 rings (SSSR count). The number of benzene rings is 4. The van der Waals surface area contributed by atoms with Crippen LogP contribution in [0.25, 0.3) is 21.5 Å². The van der Waals surface area contributed by atoms with E-state index in [0.29, 0.717) is 5.39 Å². The van der Waals surface area contributed by atoms with Crippen molar-refractivity contribution in [3.05, 3.63) is 54.6 Å². The Morgan fingerprint density at radius 1 is 0.757 bits per heavy atom. The molecule has 13 nitrogen and oxygen atoms in total. The first-order valence-corrected chi connectivity index (χ1v) is 14.3. The summed E-state index contributed by atoms with van der Waals surface area (Å²) in [6.45, 7) is 0. The first kappa shape index (κ1) is 26.4. The molecule has 0 aromatic heterocycles. The van der Waals surface area contributed by atoms with Crippen molar-refractivity contribution in [3.63, 3.8) is 0 Å². The Bertz CT molecular complexity index is 1950. The van der Waals surface area contributed by atoms with E-state index in [1.54, 1.807) is 12.1 Å². The van der Waals surface area contributed by atoms with E-state index in [1.165, 1.54) is 31.3 Å². The maximum absolute atomic E-state index is 12.1. The van der Waals surface area contributed by atoms with Crippen LogP contribution in [0.4, 0.5) is 17.1 Å². The predicted molar refractivity (Wildman–Crippen MR) is 133 cm³/mol. The van der Waals surface area contributed by atoms with Gasteiger partial charge in [-0.3, -0.25) is 13.7 Å². The van der Waals surface area contributed by atoms with Crippen LogP contribution in [0.1, 0.15) is 0 Å². The average molecular weight is 568 g/mol. The summed E-state index contributed by atoms with van der Waals surface area (Å²) >= 11 is 0. The first-order valence-electron chi connectivity index (χ1n) is 10.0. The predicted octanol–water partition coefficient (Wildman–Crippen LogP) is 3.90. The molecule has 0 spiro atoms. The summed E-state index contributed by atoms with van der Waals surface area (Å²) in [6, 6.07) is 11.4. The van der Waals surface area contributed by atoms with E-state index >= 15 is 0 Å². The van der Waals surface area contributed by atoms with E-state index in [9.17, 15) is 44.0 Å². The van der Waals surface area contributed by atoms with Crippen molar-refractivity contribution in [1.82, 2.24) is 0 Å². The standard InChI is InChI=1S/C21H17N3O10S3/c1-22-16-10-13(35(26,27)28)8-12-9-17(36(29,30)31)19(20(25)18(12)16)24-23-15-7-6-11-4-2-3-5-14(11)21(15)37(32,33)34/h2-10,22,25H,1H3,(H,26,27,28)(H,29,30,31)(H,32,33,34). The number of nitrogens with zero attached hydrogens (tertiary/aromatic N) is 2. The van der Waals surface area contributed by atoms with Gasteiger partial charge in [-0.15, -0.1) is 10.2 Å². The van der Waals surface area contributed by atoms with Crippen LogP contribution >= 0.6 is 0 Å². The summed E-state index contributed by atoms with van der Waals surface area (Å²) in [5, 5.41) is 21.1. The van der Waals surface area contributed by atoms with E-state index in [1.807, 2.05) is 0 Å². The summed E-state index contributed by atoms with van der Waals surface area (Å²) in [4.78, 5) is -2.25. The lowest BCUT2D eigenvalue weighted by molar-refractivity contribution is 0.472. The number of hydrogen-bond acceptors (Lipinski definition) is 10. The molecule has 4 aromatic rings. The summed E-state index contributed by atoms with van der Waals surface area (Å²) in [5.41, 5.74) is -1.27. The molecule has 0 saturated carbocycles. The highest BCUT2D eigenvalue weighted by Gasteiger charge is 2.26. The molecule has 0 unspecified atom stereocenters. The maximum Gasteiger partial charge on any atom is 0.297 e. The van der Waals surface area contributed by atoms with Gasteiger partial charge in [0, 0.05) is 23.5 Å². The molecule has 0 bridgehead atoms. The highest BCUT2D eigenvalue weighted by Crippen LogP contribution is 2.45. The lowest BCUT2D eigenvalue weighted by Gasteiger charge is -2.14. The maximum atomic E-state index is 12.1. The fourth-order valence-electron chi connectivity index (χ4n) is 3.78. The van der Waals surface area contributed by atoms with Gasteiger partial charge in [-0.05, 0) is 35.0 Å². The average Bonchev–Trinajstić information content (AvgIpc) is 2.80. The molecule has 194 valence electrons. The van der Waals surface area contributed by atoms with Gasteiger partial charge in [0.2, 0.25) is 0 Å². The Morgan fingerprint density at radius 2 is 1.43 bits per heavy atom. The molecule has 16 heteroatoms. The van der Waals surface area contributed by atoms with Crippen molar-refractivity contribution in [2.75, 3.05) is 12.4 Å². The molecule has 0 aliphatic heterocycles. The molecule has 0 aliphatic carbocycles. The van der Waals surface area contributed by atoms with Crippen LogP contribution in [-0.4, -0.2) is 51.1 Å². The number of phenolic OH excluding ortho intramolecular Hbond substituents is 1. The van der Waals surface area contributed by atoms with Crippen molar-refractivity contribution < 1.29 is 44.0 Å². The second-order valence-electron chi connectivity index (χ2n) is 7.65. The Labute approximate surface area is 210 Å². The van der Waals surface area contributed by atoms with Gasteiger partial charge < -0.3 is 10.4 Å². The van der Waals surface area contributed by atoms with Crippen LogP contribution in [-0.2, 0) is 30.4 Å². The van der Waals surface area contributed by atoms with Crippen molar-refractivity contribution in [2.45, 2.75) is 14.7 Å². The smallest absolute Gasteiger partial charge is 0.297 e. The molecule has 0 radical (unpaired) electrons. The van der Waals surface area contributed by atoms with E-state index < -0.39 is 62.2 Å². The lowest BCUT2D eigenvalue weighted by Crippen LogP contribution is -2.03. The molecule has 0 heterocycles. The Hall–Kier alpha value is -3.67. The van der Waals surface area contributed by atoms with Crippen molar-refractivity contribution >= 4 is 69.0 Å². The Morgan fingerprint density at radius 3 is 2.03 bits per heavy atom. The summed E-state index contributed by atoms with van der Waals surface area (Å²) in [6.07, 6.45) is 0. The molecule has 5 N–H and O–H groups in total. The third-order valence-electron chi connectivity index (χ3n) is 5.34. The number of fused-ring (bicyclic) bond motifs is 2. The normalized spacial score (nSPS) is 13.0. The number of rotatable bonds is 6. The van der Waals surface area contributed by atoms with Gasteiger partial charge in [-0.25, -0.2) is 0 Å². The molecule has 4 aromatic carbocycles. The van der Waals surface area contributed by atoms with Gasteiger partial charge in [-0.1, -0.05) is 30.3 Å². The van der Waals surface area contributed by atoms with Gasteiger partial charge in [-0.2, -0.15) is 25.3 Å². The summed E-state index contributed by atoms with van der Waals surface area (Å²) in [5.74, 6) is -0.866. The Kier molecular flexibility index (Phi) is 6.43. The van der Waals surface area contributed by atoms with Gasteiger partial charge >= 0.3 is 0 Å². The second kappa shape index (κ2) is 9.02. The minimum absolute atomic E-state index is 0.0645. The third kappa shape index (κ3) is 4.97. The SMILES string of the molecule is CNc1cc(S(=O)(=O)O)cc2cc(S(=O)(=O)O)c(N=Nc3ccc4ccccc4c3S(=O)(=O)O)c(O)c12. The first-order chi connectivity index (χ1) is 17.1. The zero-order valence-corrected chi connectivity index (χ0v) is 21.0. The van der Waals surface area contributed by atoms with Gasteiger partial charge in [0.15, 0.2) is 5.75 Å². The van der Waals surface area contributed by atoms with Gasteiger partial charge in [0.05, 0.1) is 4.90 Å². The minimum atomic E-state index is -5.11. The second-order valence-corrected chi connectivity index (χ2v) is 11.8. The molecule has 0 atom stereocenters. The third-order valence-corrected chi connectivity index (χ3v) is 7.99. The number of anilines is 1. The molecule has 37 heavy (non-hydrogen) atoms. The van der Waals surface area contributed by atoms with Crippen molar-refractivity contribution in [2.24, 2.45) is 10.2 Å². The van der Waals surface area contributed by atoms with E-state index in [4.69, 9.17) is 0 Å². The van der Waals surface area contributed by atoms with E-state index in [-0.39, 0.29) is 21.8 Å². The topological polar surface area (TPSA) is 220 Å². The van der Waals surface area contributed by atoms with Crippen LogP contribution in [0, 0.1) is 0 Å². The number of nitrogens with one attached hydrogen (secondary N) is 1. The lowest BCUT2D eigenvalue weighted by atomic mass is 10.1. The zero-order chi connectivity index (χ0) is 27.3. The minimum Gasteiger partial charge on any atom is -0.505 e.